The van der Waals surface area contributed by atoms with Gasteiger partial charge in [0, 0.05) is 20.1 Å². The van der Waals surface area contributed by atoms with Gasteiger partial charge < -0.3 is 14.8 Å². The summed E-state index contributed by atoms with van der Waals surface area (Å²) < 4.78 is 2.06. The molecule has 9 heteroatoms. The Labute approximate surface area is 114 Å². The van der Waals surface area contributed by atoms with Gasteiger partial charge in [-0.05, 0) is 0 Å². The number of fused-ring (bicyclic) bond motifs is 2. The van der Waals surface area contributed by atoms with Crippen molar-refractivity contribution in [1.29, 1.82) is 0 Å². The lowest BCUT2D eigenvalue weighted by molar-refractivity contribution is 0.557. The van der Waals surface area contributed by atoms with E-state index in [4.69, 9.17) is 0 Å². The molecule has 102 valence electrons. The summed E-state index contributed by atoms with van der Waals surface area (Å²) in [6.07, 6.45) is 3.52. The molecule has 0 fully saturated rings. The van der Waals surface area contributed by atoms with Gasteiger partial charge in [0.05, 0.1) is 18.1 Å². The van der Waals surface area contributed by atoms with Gasteiger partial charge in [-0.15, -0.1) is 10.2 Å². The Bertz CT molecular complexity index is 758. The Morgan fingerprint density at radius 1 is 1.30 bits per heavy atom. The highest BCUT2D eigenvalue weighted by atomic mass is 15.3. The third kappa shape index (κ3) is 1.59. The lowest BCUT2D eigenvalue weighted by Gasteiger charge is -2.28. The highest BCUT2D eigenvalue weighted by molar-refractivity contribution is 5.87. The predicted octanol–water partition coefficient (Wildman–Crippen LogP) is 0.00630. The molecule has 0 saturated heterocycles. The Hall–Kier alpha value is -2.71. The Morgan fingerprint density at radius 3 is 3.15 bits per heavy atom. The largest absolute Gasteiger partial charge is 0.357 e. The number of nitrogens with zero attached hydrogens (tertiary/aromatic N) is 7. The van der Waals surface area contributed by atoms with Gasteiger partial charge in [-0.25, -0.2) is 0 Å². The molecule has 0 unspecified atom stereocenters. The van der Waals surface area contributed by atoms with Gasteiger partial charge in [0.25, 0.3) is 0 Å². The highest BCUT2D eigenvalue weighted by Crippen LogP contribution is 2.26. The SMILES string of the molecule is CNc1nc(N2CCn3cnnc3C2)c2cn[nH]c2n1. The van der Waals surface area contributed by atoms with Gasteiger partial charge in [0.15, 0.2) is 11.5 Å². The van der Waals surface area contributed by atoms with E-state index in [0.717, 1.165) is 35.8 Å². The summed E-state index contributed by atoms with van der Waals surface area (Å²) in [6.45, 7) is 2.38. The number of H-pyrrole nitrogens is 1. The molecule has 20 heavy (non-hydrogen) atoms. The molecule has 1 aliphatic rings. The maximum absolute atomic E-state index is 4.56. The Balaban J connectivity index is 1.80. The van der Waals surface area contributed by atoms with Crippen molar-refractivity contribution >= 4 is 22.8 Å². The summed E-state index contributed by atoms with van der Waals surface area (Å²) in [5.74, 6) is 2.38. The molecule has 9 nitrogen and oxygen atoms in total. The van der Waals surface area contributed by atoms with Crippen molar-refractivity contribution in [3.05, 3.63) is 18.3 Å². The summed E-state index contributed by atoms with van der Waals surface area (Å²) in [4.78, 5) is 11.1. The average molecular weight is 271 g/mol. The van der Waals surface area contributed by atoms with Crippen LogP contribution in [0.15, 0.2) is 12.5 Å². The number of hydrogen-bond acceptors (Lipinski definition) is 7. The number of aromatic amines is 1. The van der Waals surface area contributed by atoms with Crippen LogP contribution in [-0.2, 0) is 13.1 Å². The van der Waals surface area contributed by atoms with Crippen LogP contribution in [-0.4, -0.2) is 48.5 Å². The molecule has 0 radical (unpaired) electrons. The Morgan fingerprint density at radius 2 is 2.25 bits per heavy atom. The van der Waals surface area contributed by atoms with Crippen LogP contribution >= 0.6 is 0 Å². The minimum Gasteiger partial charge on any atom is -0.357 e. The number of aromatic nitrogens is 7. The quantitative estimate of drug-likeness (QED) is 0.677. The summed E-state index contributed by atoms with van der Waals surface area (Å²) in [6, 6.07) is 0. The molecule has 4 rings (SSSR count). The van der Waals surface area contributed by atoms with Crippen LogP contribution < -0.4 is 10.2 Å². The summed E-state index contributed by atoms with van der Waals surface area (Å²) >= 11 is 0. The predicted molar refractivity (Wildman–Crippen MR) is 72.3 cm³/mol. The van der Waals surface area contributed by atoms with Crippen LogP contribution in [0.2, 0.25) is 0 Å². The molecular weight excluding hydrogens is 258 g/mol. The minimum atomic E-state index is 0.573. The van der Waals surface area contributed by atoms with Crippen molar-refractivity contribution in [2.45, 2.75) is 13.1 Å². The van der Waals surface area contributed by atoms with Gasteiger partial charge >= 0.3 is 0 Å². The van der Waals surface area contributed by atoms with Crippen molar-refractivity contribution in [2.75, 3.05) is 23.8 Å². The molecule has 4 heterocycles. The van der Waals surface area contributed by atoms with Crippen LogP contribution in [0.3, 0.4) is 0 Å². The monoisotopic (exact) mass is 271 g/mol. The number of rotatable bonds is 2. The molecule has 3 aromatic rings. The first-order valence-corrected chi connectivity index (χ1v) is 6.35. The van der Waals surface area contributed by atoms with Gasteiger partial charge in [-0.3, -0.25) is 5.10 Å². The lowest BCUT2D eigenvalue weighted by atomic mass is 10.3. The van der Waals surface area contributed by atoms with Crippen LogP contribution in [0.4, 0.5) is 11.8 Å². The van der Waals surface area contributed by atoms with Crippen molar-refractivity contribution in [3.8, 4) is 0 Å². The molecule has 0 amide bonds. The van der Waals surface area contributed by atoms with E-state index in [1.807, 2.05) is 0 Å². The first-order chi connectivity index (χ1) is 9.85. The normalized spacial score (nSPS) is 14.6. The van der Waals surface area contributed by atoms with Gasteiger partial charge in [0.2, 0.25) is 5.95 Å². The Kier molecular flexibility index (Phi) is 2.31. The van der Waals surface area contributed by atoms with Gasteiger partial charge in [-0.2, -0.15) is 15.1 Å². The summed E-state index contributed by atoms with van der Waals surface area (Å²) in [5.41, 5.74) is 0.728. The van der Waals surface area contributed by atoms with Crippen LogP contribution in [0.25, 0.3) is 11.0 Å². The van der Waals surface area contributed by atoms with E-state index in [0.29, 0.717) is 12.5 Å². The number of anilines is 2. The molecule has 0 aromatic carbocycles. The fraction of sp³-hybridized carbons (Fsp3) is 0.364. The number of nitrogens with one attached hydrogen (secondary N) is 2. The highest BCUT2D eigenvalue weighted by Gasteiger charge is 2.22. The van der Waals surface area contributed by atoms with Crippen LogP contribution in [0.1, 0.15) is 5.82 Å². The standard InChI is InChI=1S/C11H13N9/c1-12-11-15-9-7(4-13-18-9)10(16-11)19-2-3-20-6-14-17-8(20)5-19/h4,6H,2-3,5H2,1H3,(H2,12,13,15,16,18). The molecular formula is C11H13N9. The lowest BCUT2D eigenvalue weighted by Crippen LogP contribution is -2.34. The van der Waals surface area contributed by atoms with Gasteiger partial charge in [-0.1, -0.05) is 0 Å². The van der Waals surface area contributed by atoms with Crippen LogP contribution in [0.5, 0.6) is 0 Å². The second kappa shape index (κ2) is 4.15. The maximum Gasteiger partial charge on any atom is 0.226 e. The summed E-state index contributed by atoms with van der Waals surface area (Å²) in [7, 11) is 1.80. The van der Waals surface area contributed by atoms with E-state index in [1.165, 1.54) is 0 Å². The molecule has 1 aliphatic heterocycles. The minimum absolute atomic E-state index is 0.573. The molecule has 2 N–H and O–H groups in total. The number of hydrogen-bond donors (Lipinski definition) is 2. The molecule has 3 aromatic heterocycles. The van der Waals surface area contributed by atoms with E-state index in [1.54, 1.807) is 19.6 Å². The second-order valence-corrected chi connectivity index (χ2v) is 4.62. The molecule has 0 spiro atoms. The molecule has 0 bridgehead atoms. The topological polar surface area (TPSA) is 100 Å². The smallest absolute Gasteiger partial charge is 0.226 e. The van der Waals surface area contributed by atoms with E-state index in [2.05, 4.69) is 45.1 Å². The first kappa shape index (κ1) is 11.1. The third-order valence-electron chi connectivity index (χ3n) is 3.45. The molecule has 0 atom stereocenters. The first-order valence-electron chi connectivity index (χ1n) is 6.35. The van der Waals surface area contributed by atoms with E-state index >= 15 is 0 Å². The second-order valence-electron chi connectivity index (χ2n) is 4.62. The average Bonchev–Trinajstić information content (AvgIpc) is 3.13. The fourth-order valence-corrected chi connectivity index (χ4v) is 2.42. The molecule has 0 aliphatic carbocycles. The third-order valence-corrected chi connectivity index (χ3v) is 3.45. The maximum atomic E-state index is 4.56. The summed E-state index contributed by atoms with van der Waals surface area (Å²) in [5, 5.41) is 18.9. The van der Waals surface area contributed by atoms with Crippen molar-refractivity contribution in [3.63, 3.8) is 0 Å². The van der Waals surface area contributed by atoms with Gasteiger partial charge in [0.1, 0.15) is 12.1 Å². The van der Waals surface area contributed by atoms with Crippen molar-refractivity contribution in [2.24, 2.45) is 0 Å². The zero-order valence-corrected chi connectivity index (χ0v) is 10.9. The zero-order valence-electron chi connectivity index (χ0n) is 10.9. The molecule has 0 saturated carbocycles. The van der Waals surface area contributed by atoms with Crippen LogP contribution in [0, 0.1) is 0 Å². The van der Waals surface area contributed by atoms with E-state index in [-0.39, 0.29) is 0 Å². The fourth-order valence-electron chi connectivity index (χ4n) is 2.42. The van der Waals surface area contributed by atoms with Crippen molar-refractivity contribution < 1.29 is 0 Å². The van der Waals surface area contributed by atoms with E-state index in [9.17, 15) is 0 Å². The van der Waals surface area contributed by atoms with E-state index < -0.39 is 0 Å². The zero-order chi connectivity index (χ0) is 13.5. The van der Waals surface area contributed by atoms with Crippen molar-refractivity contribution in [1.82, 2.24) is 34.9 Å².